The van der Waals surface area contributed by atoms with Crippen molar-refractivity contribution in [2.45, 2.75) is 50.6 Å². The number of nitrogens with one attached hydrogen (secondary N) is 1. The van der Waals surface area contributed by atoms with Crippen LogP contribution in [0.3, 0.4) is 0 Å². The highest BCUT2D eigenvalue weighted by Crippen LogP contribution is 2.48. The molecule has 0 radical (unpaired) electrons. The summed E-state index contributed by atoms with van der Waals surface area (Å²) in [7, 11) is 0. The lowest BCUT2D eigenvalue weighted by Gasteiger charge is -2.36. The third-order valence-corrected chi connectivity index (χ3v) is 3.86. The SMILES string of the molecule is CC(C)N1CCOC(CNC2(C(F)(F)F)CC2)C1. The van der Waals surface area contributed by atoms with Crippen LogP contribution in [-0.2, 0) is 4.74 Å². The van der Waals surface area contributed by atoms with Crippen molar-refractivity contribution in [2.24, 2.45) is 0 Å². The molecule has 1 N–H and O–H groups in total. The fourth-order valence-corrected chi connectivity index (χ4v) is 2.33. The van der Waals surface area contributed by atoms with Crippen LogP contribution in [-0.4, -0.2) is 55.0 Å². The fourth-order valence-electron chi connectivity index (χ4n) is 2.33. The van der Waals surface area contributed by atoms with E-state index in [-0.39, 0.29) is 25.5 Å². The first-order valence-electron chi connectivity index (χ1n) is 6.51. The third kappa shape index (κ3) is 2.97. The first-order valence-corrected chi connectivity index (χ1v) is 6.51. The van der Waals surface area contributed by atoms with Crippen LogP contribution in [0.2, 0.25) is 0 Å². The number of ether oxygens (including phenoxy) is 1. The minimum atomic E-state index is -4.14. The molecule has 1 heterocycles. The number of hydrogen-bond donors (Lipinski definition) is 1. The summed E-state index contributed by atoms with van der Waals surface area (Å²) in [6.45, 7) is 6.63. The van der Waals surface area contributed by atoms with Crippen molar-refractivity contribution in [3.63, 3.8) is 0 Å². The molecule has 18 heavy (non-hydrogen) atoms. The van der Waals surface area contributed by atoms with Gasteiger partial charge in [-0.1, -0.05) is 0 Å². The number of hydrogen-bond acceptors (Lipinski definition) is 3. The van der Waals surface area contributed by atoms with E-state index >= 15 is 0 Å². The lowest BCUT2D eigenvalue weighted by Crippen LogP contribution is -2.53. The Kier molecular flexibility index (Phi) is 3.90. The summed E-state index contributed by atoms with van der Waals surface area (Å²) in [5, 5.41) is 2.66. The normalized spacial score (nSPS) is 28.7. The van der Waals surface area contributed by atoms with Crippen LogP contribution >= 0.6 is 0 Å². The molecule has 1 atom stereocenters. The van der Waals surface area contributed by atoms with E-state index in [0.717, 1.165) is 6.54 Å². The van der Waals surface area contributed by atoms with Crippen molar-refractivity contribution in [3.05, 3.63) is 0 Å². The Morgan fingerprint density at radius 3 is 2.56 bits per heavy atom. The summed E-state index contributed by atoms with van der Waals surface area (Å²) >= 11 is 0. The van der Waals surface area contributed by atoms with Crippen LogP contribution in [0.15, 0.2) is 0 Å². The predicted octanol–water partition coefficient (Wildman–Crippen LogP) is 1.78. The van der Waals surface area contributed by atoms with Crippen LogP contribution in [0.1, 0.15) is 26.7 Å². The third-order valence-electron chi connectivity index (χ3n) is 3.86. The summed E-state index contributed by atoms with van der Waals surface area (Å²) in [6.07, 6.45) is -3.89. The van der Waals surface area contributed by atoms with Gasteiger partial charge in [-0.15, -0.1) is 0 Å². The number of nitrogens with zero attached hydrogens (tertiary/aromatic N) is 1. The number of halogens is 3. The lowest BCUT2D eigenvalue weighted by atomic mass is 10.2. The minimum Gasteiger partial charge on any atom is -0.374 e. The van der Waals surface area contributed by atoms with E-state index in [9.17, 15) is 13.2 Å². The Bertz CT molecular complexity index is 290. The van der Waals surface area contributed by atoms with Crippen LogP contribution in [0, 0.1) is 0 Å². The quantitative estimate of drug-likeness (QED) is 0.839. The molecule has 1 unspecified atom stereocenters. The molecule has 0 amide bonds. The van der Waals surface area contributed by atoms with Crippen LogP contribution in [0.25, 0.3) is 0 Å². The summed E-state index contributed by atoms with van der Waals surface area (Å²) in [4.78, 5) is 2.24. The van der Waals surface area contributed by atoms with E-state index in [1.54, 1.807) is 0 Å². The van der Waals surface area contributed by atoms with Gasteiger partial charge in [0.2, 0.25) is 0 Å². The molecule has 1 aliphatic carbocycles. The second kappa shape index (κ2) is 4.98. The second-order valence-corrected chi connectivity index (χ2v) is 5.54. The smallest absolute Gasteiger partial charge is 0.374 e. The lowest BCUT2D eigenvalue weighted by molar-refractivity contribution is -0.168. The van der Waals surface area contributed by atoms with Gasteiger partial charge >= 0.3 is 6.18 Å². The summed E-state index contributed by atoms with van der Waals surface area (Å²) < 4.78 is 43.7. The Labute approximate surface area is 106 Å². The average molecular weight is 266 g/mol. The summed E-state index contributed by atoms with van der Waals surface area (Å²) in [5.74, 6) is 0. The zero-order valence-electron chi connectivity index (χ0n) is 10.9. The highest BCUT2D eigenvalue weighted by molar-refractivity contribution is 5.08. The minimum absolute atomic E-state index is 0.138. The molecule has 3 nitrogen and oxygen atoms in total. The van der Waals surface area contributed by atoms with Gasteiger partial charge in [0.05, 0.1) is 12.7 Å². The highest BCUT2D eigenvalue weighted by Gasteiger charge is 2.63. The average Bonchev–Trinajstić information content (AvgIpc) is 3.07. The van der Waals surface area contributed by atoms with Crippen molar-refractivity contribution in [1.29, 1.82) is 0 Å². The number of rotatable bonds is 4. The molecule has 2 fully saturated rings. The standard InChI is InChI=1S/C12H21F3N2O/c1-9(2)17-5-6-18-10(8-17)7-16-11(3-4-11)12(13,14)15/h9-10,16H,3-8H2,1-2H3. The Morgan fingerprint density at radius 1 is 1.39 bits per heavy atom. The molecule has 1 saturated carbocycles. The first kappa shape index (κ1) is 14.1. The maximum atomic E-state index is 12.7. The van der Waals surface area contributed by atoms with Gasteiger partial charge in [-0.2, -0.15) is 13.2 Å². The van der Waals surface area contributed by atoms with Gasteiger partial charge in [0.25, 0.3) is 0 Å². The maximum Gasteiger partial charge on any atom is 0.406 e. The van der Waals surface area contributed by atoms with E-state index in [1.807, 2.05) is 0 Å². The Morgan fingerprint density at radius 2 is 2.06 bits per heavy atom. The van der Waals surface area contributed by atoms with Gasteiger partial charge in [-0.3, -0.25) is 4.90 Å². The van der Waals surface area contributed by atoms with Crippen molar-refractivity contribution in [2.75, 3.05) is 26.2 Å². The maximum absolute atomic E-state index is 12.7. The molecule has 0 aromatic carbocycles. The van der Waals surface area contributed by atoms with Crippen molar-refractivity contribution in [1.82, 2.24) is 10.2 Å². The summed E-state index contributed by atoms with van der Waals surface area (Å²) in [6, 6.07) is 0.411. The monoisotopic (exact) mass is 266 g/mol. The van der Waals surface area contributed by atoms with Gasteiger partial charge < -0.3 is 10.1 Å². The molecule has 2 rings (SSSR count). The zero-order chi connectivity index (χ0) is 13.4. The molecular weight excluding hydrogens is 245 g/mol. The van der Waals surface area contributed by atoms with Crippen molar-refractivity contribution < 1.29 is 17.9 Å². The molecule has 0 aromatic heterocycles. The van der Waals surface area contributed by atoms with Crippen molar-refractivity contribution in [3.8, 4) is 0 Å². The predicted molar refractivity (Wildman–Crippen MR) is 62.5 cm³/mol. The van der Waals surface area contributed by atoms with Gasteiger partial charge in [-0.05, 0) is 26.7 Å². The van der Waals surface area contributed by atoms with Gasteiger partial charge in [0.1, 0.15) is 5.54 Å². The van der Waals surface area contributed by atoms with Crippen molar-refractivity contribution >= 4 is 0 Å². The molecule has 2 aliphatic rings. The fraction of sp³-hybridized carbons (Fsp3) is 1.00. The largest absolute Gasteiger partial charge is 0.406 e. The Balaban J connectivity index is 1.80. The van der Waals surface area contributed by atoms with E-state index in [4.69, 9.17) is 4.74 Å². The molecule has 0 bridgehead atoms. The topological polar surface area (TPSA) is 24.5 Å². The summed E-state index contributed by atoms with van der Waals surface area (Å²) in [5.41, 5.74) is -1.63. The number of alkyl halides is 3. The van der Waals surface area contributed by atoms with Crippen LogP contribution < -0.4 is 5.32 Å². The van der Waals surface area contributed by atoms with Gasteiger partial charge in [0, 0.05) is 25.7 Å². The molecule has 1 saturated heterocycles. The van der Waals surface area contributed by atoms with E-state index in [1.165, 1.54) is 0 Å². The molecule has 106 valence electrons. The van der Waals surface area contributed by atoms with Crippen LogP contribution in [0.4, 0.5) is 13.2 Å². The van der Waals surface area contributed by atoms with Gasteiger partial charge in [0.15, 0.2) is 0 Å². The molecule has 0 aromatic rings. The first-order chi connectivity index (χ1) is 8.34. The van der Waals surface area contributed by atoms with Crippen LogP contribution in [0.5, 0.6) is 0 Å². The molecular formula is C12H21F3N2O. The van der Waals surface area contributed by atoms with E-state index in [2.05, 4.69) is 24.1 Å². The molecule has 1 aliphatic heterocycles. The molecule has 6 heteroatoms. The Hall–Kier alpha value is -0.330. The molecule has 0 spiro atoms. The zero-order valence-corrected chi connectivity index (χ0v) is 10.9. The van der Waals surface area contributed by atoms with E-state index in [0.29, 0.717) is 19.2 Å². The number of morpholine rings is 1. The van der Waals surface area contributed by atoms with Gasteiger partial charge in [-0.25, -0.2) is 0 Å². The highest BCUT2D eigenvalue weighted by atomic mass is 19.4. The van der Waals surface area contributed by atoms with E-state index < -0.39 is 11.7 Å². The second-order valence-electron chi connectivity index (χ2n) is 5.54.